The van der Waals surface area contributed by atoms with Gasteiger partial charge in [-0.2, -0.15) is 0 Å². The largest absolute Gasteiger partial charge is 0.336 e. The van der Waals surface area contributed by atoms with Crippen LogP contribution < -0.4 is 0 Å². The van der Waals surface area contributed by atoms with Crippen molar-refractivity contribution in [2.75, 3.05) is 13.1 Å². The zero-order valence-corrected chi connectivity index (χ0v) is 9.04. The first-order valence-electron chi connectivity index (χ1n) is 5.23. The Bertz CT molecular complexity index is 413. The molecule has 0 saturated carbocycles. The van der Waals surface area contributed by atoms with Crippen molar-refractivity contribution in [1.29, 1.82) is 0 Å². The van der Waals surface area contributed by atoms with Gasteiger partial charge in [-0.1, -0.05) is 12.1 Å². The number of halogens is 2. The molecule has 0 radical (unpaired) electrons. The summed E-state index contributed by atoms with van der Waals surface area (Å²) in [5, 5.41) is 0. The molecule has 2 nitrogen and oxygen atoms in total. The maximum Gasteiger partial charge on any atom is 0.227 e. The molecular weight excluding hydrogens is 212 g/mol. The average molecular weight is 225 g/mol. The molecule has 0 unspecified atom stereocenters. The Labute approximate surface area is 92.9 Å². The van der Waals surface area contributed by atoms with Crippen LogP contribution in [-0.2, 0) is 11.2 Å². The number of hydrogen-bond donors (Lipinski definition) is 0. The topological polar surface area (TPSA) is 20.3 Å². The van der Waals surface area contributed by atoms with E-state index >= 15 is 0 Å². The second-order valence-electron chi connectivity index (χ2n) is 4.17. The predicted molar refractivity (Wildman–Crippen MR) is 56.3 cm³/mol. The molecule has 1 amide bonds. The summed E-state index contributed by atoms with van der Waals surface area (Å²) in [5.41, 5.74) is 1.19. The summed E-state index contributed by atoms with van der Waals surface area (Å²) in [5.74, 6) is -0.581. The van der Waals surface area contributed by atoms with Gasteiger partial charge < -0.3 is 4.90 Å². The van der Waals surface area contributed by atoms with Gasteiger partial charge in [-0.3, -0.25) is 4.79 Å². The number of amides is 1. The third kappa shape index (κ3) is 2.21. The average Bonchev–Trinajstić information content (AvgIpc) is 2.17. The van der Waals surface area contributed by atoms with E-state index < -0.39 is 6.17 Å². The lowest BCUT2D eigenvalue weighted by atomic mass is 10.1. The van der Waals surface area contributed by atoms with Crippen molar-refractivity contribution >= 4 is 5.91 Å². The Morgan fingerprint density at radius 2 is 2.19 bits per heavy atom. The maximum atomic E-state index is 13.4. The number of carbonyl (C=O) groups excluding carboxylic acids is 1. The van der Waals surface area contributed by atoms with Crippen LogP contribution in [0.25, 0.3) is 0 Å². The normalized spacial score (nSPS) is 16.1. The van der Waals surface area contributed by atoms with E-state index in [1.165, 1.54) is 11.0 Å². The van der Waals surface area contributed by atoms with Gasteiger partial charge in [0.25, 0.3) is 0 Å². The number of rotatable bonds is 2. The lowest BCUT2D eigenvalue weighted by molar-refractivity contribution is -0.137. The summed E-state index contributed by atoms with van der Waals surface area (Å²) < 4.78 is 26.0. The van der Waals surface area contributed by atoms with E-state index in [4.69, 9.17) is 0 Å². The number of nitrogens with zero attached hydrogens (tertiary/aromatic N) is 1. The molecule has 1 aromatic rings. The van der Waals surface area contributed by atoms with E-state index in [0.29, 0.717) is 5.56 Å². The van der Waals surface area contributed by atoms with Crippen LogP contribution in [0.5, 0.6) is 0 Å². The summed E-state index contributed by atoms with van der Waals surface area (Å²) >= 11 is 0. The molecule has 1 aromatic carbocycles. The first kappa shape index (κ1) is 11.0. The second kappa shape index (κ2) is 4.20. The van der Waals surface area contributed by atoms with E-state index in [0.717, 1.165) is 5.56 Å². The molecule has 0 aromatic heterocycles. The molecule has 1 saturated heterocycles. The zero-order chi connectivity index (χ0) is 11.7. The van der Waals surface area contributed by atoms with Crippen molar-refractivity contribution in [3.63, 3.8) is 0 Å². The van der Waals surface area contributed by atoms with Crippen molar-refractivity contribution in [3.8, 4) is 0 Å². The Morgan fingerprint density at radius 3 is 2.75 bits per heavy atom. The van der Waals surface area contributed by atoms with Crippen molar-refractivity contribution in [2.45, 2.75) is 19.5 Å². The third-order valence-electron chi connectivity index (χ3n) is 2.74. The van der Waals surface area contributed by atoms with Crippen LogP contribution >= 0.6 is 0 Å². The summed E-state index contributed by atoms with van der Waals surface area (Å²) in [7, 11) is 0. The third-order valence-corrected chi connectivity index (χ3v) is 2.74. The van der Waals surface area contributed by atoms with E-state index in [-0.39, 0.29) is 31.2 Å². The predicted octanol–water partition coefficient (Wildman–Crippen LogP) is 1.86. The summed E-state index contributed by atoms with van der Waals surface area (Å²) in [6, 6.07) is 4.77. The fourth-order valence-electron chi connectivity index (χ4n) is 1.70. The molecule has 4 heteroatoms. The Kier molecular flexibility index (Phi) is 2.90. The molecule has 0 atom stereocenters. The van der Waals surface area contributed by atoms with Crippen LogP contribution in [0.2, 0.25) is 0 Å². The molecule has 16 heavy (non-hydrogen) atoms. The monoisotopic (exact) mass is 225 g/mol. The maximum absolute atomic E-state index is 13.4. The standard InChI is InChI=1S/C12H13F2NO/c1-8-2-3-9(11(14)4-8)5-12(16)15-6-10(13)7-15/h2-4,10H,5-7H2,1H3. The van der Waals surface area contributed by atoms with E-state index in [1.807, 2.05) is 0 Å². The highest BCUT2D eigenvalue weighted by Crippen LogP contribution is 2.16. The summed E-state index contributed by atoms with van der Waals surface area (Å²) in [6.45, 7) is 2.08. The van der Waals surface area contributed by atoms with Gasteiger partial charge in [0.2, 0.25) is 5.91 Å². The van der Waals surface area contributed by atoms with Crippen LogP contribution in [0, 0.1) is 12.7 Å². The highest BCUT2D eigenvalue weighted by atomic mass is 19.1. The first-order chi connectivity index (χ1) is 7.56. The van der Waals surface area contributed by atoms with Gasteiger partial charge in [-0.05, 0) is 24.1 Å². The Hall–Kier alpha value is -1.45. The van der Waals surface area contributed by atoms with E-state index in [2.05, 4.69) is 0 Å². The molecular formula is C12H13F2NO. The molecule has 0 bridgehead atoms. The van der Waals surface area contributed by atoms with Crippen molar-refractivity contribution in [3.05, 3.63) is 35.1 Å². The molecule has 0 N–H and O–H groups in total. The Morgan fingerprint density at radius 1 is 1.50 bits per heavy atom. The molecule has 1 heterocycles. The number of hydrogen-bond acceptors (Lipinski definition) is 1. The van der Waals surface area contributed by atoms with Crippen LogP contribution in [0.1, 0.15) is 11.1 Å². The van der Waals surface area contributed by atoms with Gasteiger partial charge in [-0.15, -0.1) is 0 Å². The molecule has 0 aliphatic carbocycles. The first-order valence-corrected chi connectivity index (χ1v) is 5.23. The molecule has 0 spiro atoms. The minimum absolute atomic E-state index is 0.0127. The SMILES string of the molecule is Cc1ccc(CC(=O)N2CC(F)C2)c(F)c1. The number of alkyl halides is 1. The molecule has 1 aliphatic heterocycles. The lowest BCUT2D eigenvalue weighted by Crippen LogP contribution is -2.52. The number of likely N-dealkylation sites (tertiary alicyclic amines) is 1. The van der Waals surface area contributed by atoms with Crippen molar-refractivity contribution in [1.82, 2.24) is 4.90 Å². The number of aryl methyl sites for hydroxylation is 1. The van der Waals surface area contributed by atoms with E-state index in [9.17, 15) is 13.6 Å². The van der Waals surface area contributed by atoms with Crippen molar-refractivity contribution in [2.24, 2.45) is 0 Å². The Balaban J connectivity index is 2.01. The van der Waals surface area contributed by atoms with E-state index in [1.54, 1.807) is 19.1 Å². The van der Waals surface area contributed by atoms with Gasteiger partial charge in [0.05, 0.1) is 19.5 Å². The molecule has 86 valence electrons. The van der Waals surface area contributed by atoms with Gasteiger partial charge in [-0.25, -0.2) is 8.78 Å². The molecule has 1 fully saturated rings. The van der Waals surface area contributed by atoms with Crippen LogP contribution in [-0.4, -0.2) is 30.1 Å². The van der Waals surface area contributed by atoms with Crippen LogP contribution in [0.15, 0.2) is 18.2 Å². The molecule has 1 aliphatic rings. The fourth-order valence-corrected chi connectivity index (χ4v) is 1.70. The van der Waals surface area contributed by atoms with Gasteiger partial charge in [0.1, 0.15) is 12.0 Å². The number of benzene rings is 1. The van der Waals surface area contributed by atoms with Gasteiger partial charge in [0.15, 0.2) is 0 Å². The molecule has 2 rings (SSSR count). The van der Waals surface area contributed by atoms with Crippen LogP contribution in [0.3, 0.4) is 0 Å². The quantitative estimate of drug-likeness (QED) is 0.752. The highest BCUT2D eigenvalue weighted by Gasteiger charge is 2.30. The minimum atomic E-state index is -0.910. The number of carbonyl (C=O) groups is 1. The van der Waals surface area contributed by atoms with Crippen molar-refractivity contribution < 1.29 is 13.6 Å². The summed E-state index contributed by atoms with van der Waals surface area (Å²) in [6.07, 6.45) is -0.898. The smallest absolute Gasteiger partial charge is 0.227 e. The highest BCUT2D eigenvalue weighted by molar-refractivity contribution is 5.79. The van der Waals surface area contributed by atoms with Gasteiger partial charge >= 0.3 is 0 Å². The fraction of sp³-hybridized carbons (Fsp3) is 0.417. The summed E-state index contributed by atoms with van der Waals surface area (Å²) in [4.78, 5) is 13.0. The zero-order valence-electron chi connectivity index (χ0n) is 9.04. The van der Waals surface area contributed by atoms with Crippen LogP contribution in [0.4, 0.5) is 8.78 Å². The second-order valence-corrected chi connectivity index (χ2v) is 4.17. The van der Waals surface area contributed by atoms with Gasteiger partial charge in [0, 0.05) is 0 Å². The lowest BCUT2D eigenvalue weighted by Gasteiger charge is -2.34. The minimum Gasteiger partial charge on any atom is -0.336 e.